The van der Waals surface area contributed by atoms with Crippen molar-refractivity contribution in [2.75, 3.05) is 6.54 Å². The van der Waals surface area contributed by atoms with Crippen LogP contribution in [0.2, 0.25) is 0 Å². The van der Waals surface area contributed by atoms with Gasteiger partial charge < -0.3 is 18.8 Å². The molecule has 27 heavy (non-hydrogen) atoms. The molecule has 0 spiro atoms. The highest BCUT2D eigenvalue weighted by molar-refractivity contribution is 5.82. The van der Waals surface area contributed by atoms with Crippen molar-refractivity contribution in [3.05, 3.63) is 17.7 Å². The Labute approximate surface area is 156 Å². The van der Waals surface area contributed by atoms with Crippen LogP contribution in [0.4, 0.5) is 13.6 Å². The molecule has 1 fully saturated rings. The molecular weight excluding hydrogens is 364 g/mol. The van der Waals surface area contributed by atoms with E-state index in [9.17, 15) is 18.4 Å². The number of amides is 1. The van der Waals surface area contributed by atoms with E-state index in [-0.39, 0.29) is 19.7 Å². The molecule has 0 bridgehead atoms. The van der Waals surface area contributed by atoms with Gasteiger partial charge in [-0.1, -0.05) is 0 Å². The zero-order valence-corrected chi connectivity index (χ0v) is 16.1. The highest BCUT2D eigenvalue weighted by Gasteiger charge is 2.43. The third-order valence-corrected chi connectivity index (χ3v) is 3.90. The zero-order valence-electron chi connectivity index (χ0n) is 16.1. The minimum absolute atomic E-state index is 0.0927. The number of likely N-dealkylation sites (tertiary alicyclic amines) is 1. The Morgan fingerprint density at radius 3 is 2.52 bits per heavy atom. The second kappa shape index (κ2) is 8.20. The molecular formula is C17H25F2N3O5. The molecule has 1 amide bonds. The summed E-state index contributed by atoms with van der Waals surface area (Å²) in [4.78, 5) is 30.2. The Balaban J connectivity index is 2.07. The van der Waals surface area contributed by atoms with Gasteiger partial charge in [-0.25, -0.2) is 14.6 Å². The molecule has 1 aromatic rings. The van der Waals surface area contributed by atoms with E-state index in [0.717, 1.165) is 10.6 Å². The SMILES string of the molecule is Cc1cn(COC(=O)[C@@H]2C[C@@H](OC(F)F)CN2C(=O)OC(C)(C)C)c(C)n1. The molecule has 0 aliphatic carbocycles. The maximum absolute atomic E-state index is 12.5. The number of nitrogens with zero attached hydrogens (tertiary/aromatic N) is 3. The fraction of sp³-hybridized carbons (Fsp3) is 0.706. The van der Waals surface area contributed by atoms with Gasteiger partial charge in [-0.2, -0.15) is 8.78 Å². The third kappa shape index (κ3) is 5.88. The quantitative estimate of drug-likeness (QED) is 0.720. The van der Waals surface area contributed by atoms with Crippen LogP contribution in [0.3, 0.4) is 0 Å². The molecule has 0 unspecified atom stereocenters. The number of halogens is 2. The highest BCUT2D eigenvalue weighted by Crippen LogP contribution is 2.25. The summed E-state index contributed by atoms with van der Waals surface area (Å²) in [5.41, 5.74) is -0.0243. The van der Waals surface area contributed by atoms with E-state index >= 15 is 0 Å². The molecule has 1 aliphatic rings. The van der Waals surface area contributed by atoms with Crippen LogP contribution in [0, 0.1) is 13.8 Å². The third-order valence-electron chi connectivity index (χ3n) is 3.90. The van der Waals surface area contributed by atoms with Crippen molar-refractivity contribution >= 4 is 12.1 Å². The Hall–Kier alpha value is -2.23. The first-order chi connectivity index (χ1) is 12.5. The molecule has 10 heteroatoms. The monoisotopic (exact) mass is 389 g/mol. The van der Waals surface area contributed by atoms with E-state index in [4.69, 9.17) is 9.47 Å². The van der Waals surface area contributed by atoms with Crippen molar-refractivity contribution in [1.29, 1.82) is 0 Å². The van der Waals surface area contributed by atoms with E-state index in [1.807, 2.05) is 0 Å². The van der Waals surface area contributed by atoms with Crippen LogP contribution in [-0.4, -0.2) is 57.4 Å². The van der Waals surface area contributed by atoms with Crippen LogP contribution in [0.1, 0.15) is 38.7 Å². The number of carbonyl (C=O) groups is 2. The molecule has 1 aromatic heterocycles. The Morgan fingerprint density at radius 2 is 2.00 bits per heavy atom. The van der Waals surface area contributed by atoms with Crippen LogP contribution in [-0.2, 0) is 25.7 Å². The van der Waals surface area contributed by atoms with Gasteiger partial charge in [0.15, 0.2) is 6.73 Å². The van der Waals surface area contributed by atoms with Crippen molar-refractivity contribution in [3.63, 3.8) is 0 Å². The van der Waals surface area contributed by atoms with Crippen molar-refractivity contribution in [2.24, 2.45) is 0 Å². The largest absolute Gasteiger partial charge is 0.444 e. The number of alkyl halides is 2. The number of rotatable bonds is 5. The normalized spacial score (nSPS) is 20.2. The number of hydrogen-bond donors (Lipinski definition) is 0. The number of esters is 1. The van der Waals surface area contributed by atoms with Gasteiger partial charge in [0.1, 0.15) is 17.5 Å². The summed E-state index contributed by atoms with van der Waals surface area (Å²) in [5.74, 6) is -0.0541. The van der Waals surface area contributed by atoms with E-state index in [2.05, 4.69) is 9.72 Å². The van der Waals surface area contributed by atoms with Crippen LogP contribution < -0.4 is 0 Å². The zero-order chi connectivity index (χ0) is 20.4. The van der Waals surface area contributed by atoms with Crippen molar-refractivity contribution in [2.45, 2.75) is 72.1 Å². The first-order valence-corrected chi connectivity index (χ1v) is 8.56. The molecule has 2 heterocycles. The number of hydrogen-bond acceptors (Lipinski definition) is 6. The van der Waals surface area contributed by atoms with Crippen LogP contribution in [0.5, 0.6) is 0 Å². The summed E-state index contributed by atoms with van der Waals surface area (Å²) in [6.07, 6.45) is -0.137. The van der Waals surface area contributed by atoms with E-state index in [1.165, 1.54) is 0 Å². The van der Waals surface area contributed by atoms with Gasteiger partial charge in [0.2, 0.25) is 0 Å². The number of aryl methyl sites for hydroxylation is 2. The van der Waals surface area contributed by atoms with Gasteiger partial charge in [-0.3, -0.25) is 4.90 Å². The lowest BCUT2D eigenvalue weighted by atomic mass is 10.2. The molecule has 2 atom stereocenters. The summed E-state index contributed by atoms with van der Waals surface area (Å²) in [7, 11) is 0. The summed E-state index contributed by atoms with van der Waals surface area (Å²) in [6.45, 7) is 5.31. The lowest BCUT2D eigenvalue weighted by Gasteiger charge is -2.27. The molecule has 1 aliphatic heterocycles. The fourth-order valence-corrected chi connectivity index (χ4v) is 2.81. The highest BCUT2D eigenvalue weighted by atomic mass is 19.3. The summed E-state index contributed by atoms with van der Waals surface area (Å²) in [5, 5.41) is 0. The van der Waals surface area contributed by atoms with Crippen molar-refractivity contribution in [3.8, 4) is 0 Å². The molecule has 152 valence electrons. The average Bonchev–Trinajstić information content (AvgIpc) is 3.05. The second-order valence-corrected chi connectivity index (χ2v) is 7.39. The second-order valence-electron chi connectivity index (χ2n) is 7.39. The van der Waals surface area contributed by atoms with Crippen LogP contribution in [0.15, 0.2) is 6.20 Å². The molecule has 1 saturated heterocycles. The number of ether oxygens (including phenoxy) is 3. The maximum atomic E-state index is 12.5. The van der Waals surface area contributed by atoms with E-state index < -0.39 is 36.4 Å². The van der Waals surface area contributed by atoms with E-state index in [0.29, 0.717) is 5.82 Å². The lowest BCUT2D eigenvalue weighted by Crippen LogP contribution is -2.44. The van der Waals surface area contributed by atoms with Gasteiger partial charge in [0, 0.05) is 12.6 Å². The minimum atomic E-state index is -3.00. The molecule has 0 aromatic carbocycles. The van der Waals surface area contributed by atoms with Gasteiger partial charge in [-0.05, 0) is 34.6 Å². The molecule has 8 nitrogen and oxygen atoms in total. The lowest BCUT2D eigenvalue weighted by molar-refractivity contribution is -0.160. The number of aromatic nitrogens is 2. The predicted octanol–water partition coefficient (Wildman–Crippen LogP) is 2.62. The number of imidazole rings is 1. The minimum Gasteiger partial charge on any atom is -0.444 e. The summed E-state index contributed by atoms with van der Waals surface area (Å²) >= 11 is 0. The summed E-state index contributed by atoms with van der Waals surface area (Å²) in [6, 6.07) is -1.06. The van der Waals surface area contributed by atoms with Gasteiger partial charge in [0.25, 0.3) is 0 Å². The Morgan fingerprint density at radius 1 is 1.33 bits per heavy atom. The fourth-order valence-electron chi connectivity index (χ4n) is 2.81. The first-order valence-electron chi connectivity index (χ1n) is 8.56. The van der Waals surface area contributed by atoms with Gasteiger partial charge in [0.05, 0.1) is 18.3 Å². The van der Waals surface area contributed by atoms with Gasteiger partial charge >= 0.3 is 18.7 Å². The maximum Gasteiger partial charge on any atom is 0.411 e. The molecule has 0 radical (unpaired) electrons. The van der Waals surface area contributed by atoms with Crippen molar-refractivity contribution < 1.29 is 32.6 Å². The van der Waals surface area contributed by atoms with Crippen LogP contribution >= 0.6 is 0 Å². The van der Waals surface area contributed by atoms with Gasteiger partial charge in [-0.15, -0.1) is 0 Å². The smallest absolute Gasteiger partial charge is 0.411 e. The van der Waals surface area contributed by atoms with E-state index in [1.54, 1.807) is 45.4 Å². The molecule has 0 N–H and O–H groups in total. The van der Waals surface area contributed by atoms with Crippen LogP contribution in [0.25, 0.3) is 0 Å². The number of carbonyl (C=O) groups excluding carboxylic acids is 2. The average molecular weight is 389 g/mol. The Kier molecular flexibility index (Phi) is 6.40. The predicted molar refractivity (Wildman–Crippen MR) is 90.0 cm³/mol. The molecule has 0 saturated carbocycles. The standard InChI is InChI=1S/C17H25F2N3O5/c1-10-7-21(11(2)20-10)9-25-14(23)13-6-12(26-15(18)19)8-22(13)16(24)27-17(3,4)5/h7,12-13,15H,6,8-9H2,1-5H3/t12-,13+/m1/s1. The summed E-state index contributed by atoms with van der Waals surface area (Å²) < 4.78 is 41.7. The topological polar surface area (TPSA) is 82.9 Å². The molecule has 2 rings (SSSR count). The first kappa shape index (κ1) is 21.1. The Bertz CT molecular complexity index is 687. The van der Waals surface area contributed by atoms with Crippen molar-refractivity contribution in [1.82, 2.24) is 14.5 Å².